The summed E-state index contributed by atoms with van der Waals surface area (Å²) >= 11 is 0. The average molecular weight is 276 g/mol. The monoisotopic (exact) mass is 276 g/mol. The van der Waals surface area contributed by atoms with E-state index in [1.807, 2.05) is 24.3 Å². The van der Waals surface area contributed by atoms with E-state index in [9.17, 15) is 0 Å². The zero-order valence-electron chi connectivity index (χ0n) is 12.5. The maximum atomic E-state index is 5.60. The second-order valence-electron chi connectivity index (χ2n) is 4.85. The number of hydrogen-bond acceptors (Lipinski definition) is 4. The van der Waals surface area contributed by atoms with Crippen molar-refractivity contribution in [3.63, 3.8) is 0 Å². The van der Waals surface area contributed by atoms with Crippen molar-refractivity contribution in [3.05, 3.63) is 29.8 Å². The molecule has 0 bridgehead atoms. The Hall–Kier alpha value is -1.55. The first-order chi connectivity index (χ1) is 9.85. The molecule has 0 fully saturated rings. The van der Waals surface area contributed by atoms with Crippen molar-refractivity contribution in [2.75, 3.05) is 32.8 Å². The van der Waals surface area contributed by atoms with Gasteiger partial charge in [0, 0.05) is 18.5 Å². The van der Waals surface area contributed by atoms with Crippen molar-refractivity contribution in [2.45, 2.75) is 26.7 Å². The van der Waals surface area contributed by atoms with Gasteiger partial charge in [0.15, 0.2) is 0 Å². The highest BCUT2D eigenvalue weighted by Gasteiger charge is 2.16. The van der Waals surface area contributed by atoms with Crippen LogP contribution in [0.1, 0.15) is 32.3 Å². The molecule has 0 aromatic heterocycles. The van der Waals surface area contributed by atoms with E-state index in [1.54, 1.807) is 0 Å². The molecule has 1 aromatic carbocycles. The van der Waals surface area contributed by atoms with Gasteiger partial charge in [-0.3, -0.25) is 0 Å². The summed E-state index contributed by atoms with van der Waals surface area (Å²) in [5.74, 6) is 0.907. The molecule has 0 radical (unpaired) electrons. The number of para-hydroxylation sites is 1. The number of benzene rings is 1. The van der Waals surface area contributed by atoms with Gasteiger partial charge in [0.1, 0.15) is 12.4 Å². The zero-order valence-corrected chi connectivity index (χ0v) is 12.5. The van der Waals surface area contributed by atoms with E-state index in [4.69, 9.17) is 9.57 Å². The predicted molar refractivity (Wildman–Crippen MR) is 81.4 cm³/mol. The maximum Gasteiger partial charge on any atom is 0.128 e. The minimum atomic E-state index is 0.670. The van der Waals surface area contributed by atoms with Crippen molar-refractivity contribution < 1.29 is 9.57 Å². The fourth-order valence-corrected chi connectivity index (χ4v) is 2.33. The Labute approximate surface area is 121 Å². The van der Waals surface area contributed by atoms with E-state index in [0.717, 1.165) is 49.5 Å². The first kappa shape index (κ1) is 14.9. The van der Waals surface area contributed by atoms with E-state index >= 15 is 0 Å². The number of rotatable bonds is 7. The molecule has 1 heterocycles. The summed E-state index contributed by atoms with van der Waals surface area (Å²) in [6.45, 7) is 8.97. The first-order valence-corrected chi connectivity index (χ1v) is 7.48. The van der Waals surface area contributed by atoms with Crippen LogP contribution in [0.15, 0.2) is 29.4 Å². The summed E-state index contributed by atoms with van der Waals surface area (Å²) in [5, 5.41) is 4.29. The molecule has 4 heteroatoms. The summed E-state index contributed by atoms with van der Waals surface area (Å²) in [6, 6.07) is 7.99. The molecule has 0 aliphatic carbocycles. The van der Waals surface area contributed by atoms with Gasteiger partial charge in [0.2, 0.25) is 0 Å². The maximum absolute atomic E-state index is 5.60. The van der Waals surface area contributed by atoms with Gasteiger partial charge >= 0.3 is 0 Å². The highest BCUT2D eigenvalue weighted by Crippen LogP contribution is 2.24. The van der Waals surface area contributed by atoms with Crippen LogP contribution in [-0.2, 0) is 4.84 Å². The second-order valence-corrected chi connectivity index (χ2v) is 4.85. The summed E-state index contributed by atoms with van der Waals surface area (Å²) in [6.07, 6.45) is 1.82. The van der Waals surface area contributed by atoms with E-state index in [1.165, 1.54) is 0 Å². The molecule has 0 saturated heterocycles. The summed E-state index contributed by atoms with van der Waals surface area (Å²) < 4.78 is 5.60. The lowest BCUT2D eigenvalue weighted by atomic mass is 10.0. The minimum Gasteiger partial charge on any atom is -0.492 e. The molecule has 0 spiro atoms. The zero-order chi connectivity index (χ0) is 14.2. The molecule has 1 aliphatic rings. The van der Waals surface area contributed by atoms with Gasteiger partial charge in [-0.05, 0) is 31.6 Å². The third-order valence-corrected chi connectivity index (χ3v) is 3.57. The molecule has 1 aliphatic heterocycles. The molecule has 0 saturated carbocycles. The van der Waals surface area contributed by atoms with E-state index < -0.39 is 0 Å². The van der Waals surface area contributed by atoms with Crippen LogP contribution >= 0.6 is 0 Å². The number of ether oxygens (including phenoxy) is 1. The van der Waals surface area contributed by atoms with Crippen molar-refractivity contribution in [2.24, 2.45) is 5.16 Å². The fourth-order valence-electron chi connectivity index (χ4n) is 2.33. The Kier molecular flexibility index (Phi) is 5.87. The van der Waals surface area contributed by atoms with Gasteiger partial charge in [0.05, 0.1) is 12.3 Å². The van der Waals surface area contributed by atoms with Crippen LogP contribution in [0.4, 0.5) is 0 Å². The van der Waals surface area contributed by atoms with Crippen LogP contribution in [0.2, 0.25) is 0 Å². The fraction of sp³-hybridized carbons (Fsp3) is 0.562. The predicted octanol–water partition coefficient (Wildman–Crippen LogP) is 2.92. The molecular formula is C16H24N2O2. The van der Waals surface area contributed by atoms with Crippen LogP contribution in [0.25, 0.3) is 0 Å². The molecule has 0 unspecified atom stereocenters. The molecule has 4 nitrogen and oxygen atoms in total. The number of fused-ring (bicyclic) bond motifs is 1. The summed E-state index contributed by atoms with van der Waals surface area (Å²) in [5.41, 5.74) is 2.05. The molecule has 2 rings (SSSR count). The standard InChI is InChI=1S/C16H24N2O2/c1-3-18(4-2)11-7-12-20-17-15-10-13-19-16-9-6-5-8-14(15)16/h5-6,8-9H,3-4,7,10-13H2,1-2H3/b17-15+. The minimum absolute atomic E-state index is 0.670. The summed E-state index contributed by atoms with van der Waals surface area (Å²) in [4.78, 5) is 7.86. The van der Waals surface area contributed by atoms with Crippen molar-refractivity contribution >= 4 is 5.71 Å². The molecular weight excluding hydrogens is 252 g/mol. The third-order valence-electron chi connectivity index (χ3n) is 3.57. The molecule has 0 atom stereocenters. The normalized spacial score (nSPS) is 16.1. The topological polar surface area (TPSA) is 34.1 Å². The Balaban J connectivity index is 1.81. The van der Waals surface area contributed by atoms with E-state index in [-0.39, 0.29) is 0 Å². The van der Waals surface area contributed by atoms with Crippen molar-refractivity contribution in [3.8, 4) is 5.75 Å². The van der Waals surface area contributed by atoms with Gasteiger partial charge in [-0.25, -0.2) is 0 Å². The van der Waals surface area contributed by atoms with Gasteiger partial charge in [0.25, 0.3) is 0 Å². The van der Waals surface area contributed by atoms with Gasteiger partial charge in [-0.2, -0.15) is 0 Å². The Morgan fingerprint density at radius 1 is 1.25 bits per heavy atom. The molecule has 0 amide bonds. The van der Waals surface area contributed by atoms with E-state index in [2.05, 4.69) is 23.9 Å². The molecule has 0 N–H and O–H groups in total. The van der Waals surface area contributed by atoms with Crippen LogP contribution in [-0.4, -0.2) is 43.5 Å². The largest absolute Gasteiger partial charge is 0.492 e. The van der Waals surface area contributed by atoms with Crippen LogP contribution < -0.4 is 4.74 Å². The molecule has 1 aromatic rings. The van der Waals surface area contributed by atoms with Gasteiger partial charge < -0.3 is 14.5 Å². The quantitative estimate of drug-likeness (QED) is 0.567. The van der Waals surface area contributed by atoms with Gasteiger partial charge in [-0.1, -0.05) is 31.1 Å². The lowest BCUT2D eigenvalue weighted by molar-refractivity contribution is 0.129. The highest BCUT2D eigenvalue weighted by molar-refractivity contribution is 6.03. The first-order valence-electron chi connectivity index (χ1n) is 7.48. The van der Waals surface area contributed by atoms with Crippen LogP contribution in [0.5, 0.6) is 5.75 Å². The van der Waals surface area contributed by atoms with Crippen molar-refractivity contribution in [1.29, 1.82) is 0 Å². The molecule has 110 valence electrons. The molecule has 20 heavy (non-hydrogen) atoms. The lowest BCUT2D eigenvalue weighted by Crippen LogP contribution is -2.24. The van der Waals surface area contributed by atoms with E-state index in [0.29, 0.717) is 13.2 Å². The number of oxime groups is 1. The van der Waals surface area contributed by atoms with Crippen LogP contribution in [0, 0.1) is 0 Å². The second kappa shape index (κ2) is 7.90. The highest BCUT2D eigenvalue weighted by atomic mass is 16.6. The lowest BCUT2D eigenvalue weighted by Gasteiger charge is -2.19. The Morgan fingerprint density at radius 3 is 2.85 bits per heavy atom. The number of hydrogen-bond donors (Lipinski definition) is 0. The SMILES string of the molecule is CCN(CC)CCCO/N=C1\CCOc2ccccc21. The smallest absolute Gasteiger partial charge is 0.128 e. The Bertz CT molecular complexity index is 442. The van der Waals surface area contributed by atoms with Crippen LogP contribution in [0.3, 0.4) is 0 Å². The number of nitrogens with zero attached hydrogens (tertiary/aromatic N) is 2. The van der Waals surface area contributed by atoms with Crippen molar-refractivity contribution in [1.82, 2.24) is 4.90 Å². The average Bonchev–Trinajstić information content (AvgIpc) is 2.51. The Morgan fingerprint density at radius 2 is 2.05 bits per heavy atom. The third kappa shape index (κ3) is 3.97. The van der Waals surface area contributed by atoms with Gasteiger partial charge in [-0.15, -0.1) is 0 Å². The summed E-state index contributed by atoms with van der Waals surface area (Å²) in [7, 11) is 0.